The summed E-state index contributed by atoms with van der Waals surface area (Å²) in [6.45, 7) is 0. The number of nitrogens with zero attached hydrogens (tertiary/aromatic N) is 6. The summed E-state index contributed by atoms with van der Waals surface area (Å²) < 4.78 is 4.64. The van der Waals surface area contributed by atoms with E-state index in [0.717, 1.165) is 19.0 Å². The minimum absolute atomic E-state index is 0.101. The largest absolute Gasteiger partial charge is 0.382 e. The summed E-state index contributed by atoms with van der Waals surface area (Å²) in [5.74, 6) is 0.263. The average Bonchev–Trinajstić information content (AvgIpc) is 3.04. The maximum absolute atomic E-state index is 5.87. The van der Waals surface area contributed by atoms with Gasteiger partial charge in [0.05, 0.1) is 15.4 Å². The molecule has 0 saturated carbocycles. The fourth-order valence-corrected chi connectivity index (χ4v) is 4.76. The molecule has 0 aliphatic carbocycles. The number of fused-ring (bicyclic) bond motifs is 2. The van der Waals surface area contributed by atoms with Crippen molar-refractivity contribution in [3.05, 3.63) is 22.1 Å². The Hall–Kier alpha value is -1.49. The van der Waals surface area contributed by atoms with Crippen LogP contribution in [0.25, 0.3) is 21.4 Å². The van der Waals surface area contributed by atoms with E-state index in [9.17, 15) is 0 Å². The number of hydrogen-bond donors (Lipinski definition) is 1. The highest BCUT2D eigenvalue weighted by molar-refractivity contribution is 9.10. The van der Waals surface area contributed by atoms with Crippen LogP contribution in [-0.4, -0.2) is 29.5 Å². The van der Waals surface area contributed by atoms with Gasteiger partial charge in [-0.3, -0.25) is 4.98 Å². The minimum Gasteiger partial charge on any atom is -0.382 e. The second-order valence-electron chi connectivity index (χ2n) is 4.55. The van der Waals surface area contributed by atoms with Crippen molar-refractivity contribution >= 4 is 77.8 Å². The maximum Gasteiger partial charge on any atom is 0.226 e. The van der Waals surface area contributed by atoms with Gasteiger partial charge in [-0.15, -0.1) is 11.3 Å². The molecule has 4 rings (SSSR count). The molecule has 0 amide bonds. The van der Waals surface area contributed by atoms with E-state index in [4.69, 9.17) is 17.3 Å². The zero-order valence-electron chi connectivity index (χ0n) is 11.5. The Labute approximate surface area is 151 Å². The third-order valence-electron chi connectivity index (χ3n) is 3.09. The van der Waals surface area contributed by atoms with E-state index in [1.165, 1.54) is 11.8 Å². The first kappa shape index (κ1) is 15.1. The second-order valence-corrected chi connectivity index (χ2v) is 7.96. The third-order valence-corrected chi connectivity index (χ3v) is 6.34. The van der Waals surface area contributed by atoms with Crippen LogP contribution in [0.1, 0.15) is 0 Å². The maximum atomic E-state index is 5.87. The predicted octanol–water partition coefficient (Wildman–Crippen LogP) is 3.52. The van der Waals surface area contributed by atoms with Gasteiger partial charge in [0, 0.05) is 13.2 Å². The normalized spacial score (nSPS) is 11.6. The number of imidazole rings is 1. The molecule has 0 aliphatic heterocycles. The van der Waals surface area contributed by atoms with E-state index in [0.29, 0.717) is 16.3 Å². The molecule has 0 saturated heterocycles. The fourth-order valence-electron chi connectivity index (χ4n) is 2.05. The Balaban J connectivity index is 1.81. The molecular weight excluding hydrogens is 422 g/mol. The molecule has 0 bridgehead atoms. The smallest absolute Gasteiger partial charge is 0.226 e. The Morgan fingerprint density at radius 3 is 2.87 bits per heavy atom. The molecule has 23 heavy (non-hydrogen) atoms. The van der Waals surface area contributed by atoms with Gasteiger partial charge >= 0.3 is 0 Å². The van der Waals surface area contributed by atoms with Crippen molar-refractivity contribution in [1.82, 2.24) is 29.5 Å². The molecule has 11 heteroatoms. The van der Waals surface area contributed by atoms with Crippen LogP contribution in [0.15, 0.2) is 26.4 Å². The number of hydrogen-bond acceptors (Lipinski definition) is 8. The van der Waals surface area contributed by atoms with Crippen LogP contribution in [0.2, 0.25) is 5.28 Å². The van der Waals surface area contributed by atoms with E-state index < -0.39 is 0 Å². The van der Waals surface area contributed by atoms with Crippen molar-refractivity contribution in [3.63, 3.8) is 0 Å². The van der Waals surface area contributed by atoms with Gasteiger partial charge in [0.25, 0.3) is 0 Å². The van der Waals surface area contributed by atoms with Gasteiger partial charge in [0.15, 0.2) is 26.5 Å². The lowest BCUT2D eigenvalue weighted by Crippen LogP contribution is -1.96. The van der Waals surface area contributed by atoms with Gasteiger partial charge in [-0.05, 0) is 39.3 Å². The summed E-state index contributed by atoms with van der Waals surface area (Å²) in [6, 6.07) is 0. The first-order chi connectivity index (χ1) is 11.0. The average molecular weight is 429 g/mol. The van der Waals surface area contributed by atoms with Crippen LogP contribution in [0, 0.1) is 0 Å². The number of aryl methyl sites for hydroxylation is 1. The molecule has 0 atom stereocenters. The van der Waals surface area contributed by atoms with Gasteiger partial charge in [0.1, 0.15) is 5.52 Å². The van der Waals surface area contributed by atoms with Gasteiger partial charge in [0.2, 0.25) is 5.28 Å². The van der Waals surface area contributed by atoms with Crippen LogP contribution in [0.4, 0.5) is 5.82 Å². The van der Waals surface area contributed by atoms with E-state index in [1.54, 1.807) is 23.7 Å². The molecule has 2 N–H and O–H groups in total. The number of nitrogens with two attached hydrogens (primary N) is 1. The Bertz CT molecular complexity index is 1060. The monoisotopic (exact) mass is 427 g/mol. The SMILES string of the molecule is Cn1c(Sc2nc3cncc(Br)c3s2)nc2c(N)nc(Cl)nc21. The van der Waals surface area contributed by atoms with E-state index in [2.05, 4.69) is 40.8 Å². The molecule has 116 valence electrons. The number of thiazole rings is 1. The van der Waals surface area contributed by atoms with Gasteiger partial charge in [-0.2, -0.15) is 9.97 Å². The molecule has 4 aromatic heterocycles. The zero-order chi connectivity index (χ0) is 16.1. The fraction of sp³-hybridized carbons (Fsp3) is 0.0833. The topological polar surface area (TPSA) is 95.4 Å². The summed E-state index contributed by atoms with van der Waals surface area (Å²) in [7, 11) is 1.85. The van der Waals surface area contributed by atoms with Crippen molar-refractivity contribution in [1.29, 1.82) is 0 Å². The summed E-state index contributed by atoms with van der Waals surface area (Å²) >= 11 is 12.3. The number of nitrogen functional groups attached to an aromatic ring is 1. The summed E-state index contributed by atoms with van der Waals surface area (Å²) in [5.41, 5.74) is 7.83. The van der Waals surface area contributed by atoms with Crippen molar-refractivity contribution in [2.24, 2.45) is 7.05 Å². The Morgan fingerprint density at radius 1 is 1.26 bits per heavy atom. The second kappa shape index (κ2) is 5.55. The highest BCUT2D eigenvalue weighted by Gasteiger charge is 2.17. The third kappa shape index (κ3) is 2.55. The highest BCUT2D eigenvalue weighted by atomic mass is 79.9. The number of halogens is 2. The molecule has 0 aromatic carbocycles. The van der Waals surface area contributed by atoms with Gasteiger partial charge in [-0.25, -0.2) is 9.97 Å². The van der Waals surface area contributed by atoms with E-state index >= 15 is 0 Å². The molecule has 0 aliphatic rings. The number of aromatic nitrogens is 6. The quantitative estimate of drug-likeness (QED) is 0.488. The first-order valence-corrected chi connectivity index (χ1v) is 9.06. The van der Waals surface area contributed by atoms with Crippen molar-refractivity contribution < 1.29 is 0 Å². The lowest BCUT2D eigenvalue weighted by atomic mass is 10.5. The first-order valence-electron chi connectivity index (χ1n) is 6.26. The summed E-state index contributed by atoms with van der Waals surface area (Å²) in [6.07, 6.45) is 3.49. The molecule has 0 radical (unpaired) electrons. The lowest BCUT2D eigenvalue weighted by molar-refractivity contribution is 0.805. The van der Waals surface area contributed by atoms with Crippen molar-refractivity contribution in [3.8, 4) is 0 Å². The number of anilines is 1. The van der Waals surface area contributed by atoms with E-state index in [1.807, 2.05) is 11.6 Å². The Morgan fingerprint density at radius 2 is 2.09 bits per heavy atom. The lowest BCUT2D eigenvalue weighted by Gasteiger charge is -1.98. The molecule has 0 spiro atoms. The van der Waals surface area contributed by atoms with Crippen LogP contribution in [0.5, 0.6) is 0 Å². The van der Waals surface area contributed by atoms with Crippen molar-refractivity contribution in [2.45, 2.75) is 9.50 Å². The van der Waals surface area contributed by atoms with E-state index in [-0.39, 0.29) is 11.1 Å². The van der Waals surface area contributed by atoms with Crippen molar-refractivity contribution in [2.75, 3.05) is 5.73 Å². The standard InChI is InChI=1S/C12H7BrClN7S2/c1-21-9-6(8(15)19-10(14)20-9)18-11(21)23-12-17-5-3-16-2-4(13)7(5)22-12/h2-3H,1H3,(H2,15,19,20). The van der Waals surface area contributed by atoms with Crippen LogP contribution < -0.4 is 5.73 Å². The Kier molecular flexibility index (Phi) is 3.63. The molecular formula is C12H7BrClN7S2. The molecule has 0 fully saturated rings. The molecule has 7 nitrogen and oxygen atoms in total. The van der Waals surface area contributed by atoms with Gasteiger partial charge in [-0.1, -0.05) is 0 Å². The predicted molar refractivity (Wildman–Crippen MR) is 95.0 cm³/mol. The molecule has 0 unspecified atom stereocenters. The van der Waals surface area contributed by atoms with Crippen LogP contribution in [0.3, 0.4) is 0 Å². The summed E-state index contributed by atoms with van der Waals surface area (Å²) in [5, 5.41) is 0.816. The zero-order valence-corrected chi connectivity index (χ0v) is 15.5. The minimum atomic E-state index is 0.101. The molecule has 4 heterocycles. The number of pyridine rings is 1. The molecule has 4 aromatic rings. The van der Waals surface area contributed by atoms with Gasteiger partial charge < -0.3 is 10.3 Å². The van der Waals surface area contributed by atoms with Crippen LogP contribution in [-0.2, 0) is 7.05 Å². The number of rotatable bonds is 2. The highest BCUT2D eigenvalue weighted by Crippen LogP contribution is 2.37. The van der Waals surface area contributed by atoms with Crippen LogP contribution >= 0.6 is 50.6 Å². The summed E-state index contributed by atoms with van der Waals surface area (Å²) in [4.78, 5) is 21.3.